The van der Waals surface area contributed by atoms with Crippen LogP contribution < -0.4 is 19.5 Å². The number of carbonyl (C=O) groups is 1. The summed E-state index contributed by atoms with van der Waals surface area (Å²) in [7, 11) is 4.58. The number of hydrogen-bond acceptors (Lipinski definition) is 6. The van der Waals surface area contributed by atoms with Crippen LogP contribution in [0.1, 0.15) is 11.6 Å². The molecule has 2 heterocycles. The van der Waals surface area contributed by atoms with Gasteiger partial charge >= 0.3 is 0 Å². The van der Waals surface area contributed by atoms with E-state index in [1.54, 1.807) is 19.2 Å². The van der Waals surface area contributed by atoms with E-state index in [0.29, 0.717) is 28.8 Å². The second-order valence-electron chi connectivity index (χ2n) is 6.29. The predicted octanol–water partition coefficient (Wildman–Crippen LogP) is 2.74. The fourth-order valence-corrected chi connectivity index (χ4v) is 3.65. The van der Waals surface area contributed by atoms with Crippen LogP contribution in [-0.4, -0.2) is 36.8 Å². The van der Waals surface area contributed by atoms with Gasteiger partial charge in [0.25, 0.3) is 0 Å². The maximum atomic E-state index is 12.7. The number of imidazole rings is 1. The molecule has 1 aromatic heterocycles. The first-order valence-electron chi connectivity index (χ1n) is 8.60. The molecule has 8 heteroatoms. The van der Waals surface area contributed by atoms with E-state index in [2.05, 4.69) is 16.4 Å². The highest BCUT2D eigenvalue weighted by Crippen LogP contribution is 2.46. The lowest BCUT2D eigenvalue weighted by atomic mass is 9.90. The zero-order valence-corrected chi connectivity index (χ0v) is 15.6. The topological polar surface area (TPSA) is 98.4 Å². The van der Waals surface area contributed by atoms with Crippen molar-refractivity contribution in [1.82, 2.24) is 9.55 Å². The van der Waals surface area contributed by atoms with Crippen molar-refractivity contribution >= 4 is 22.9 Å². The van der Waals surface area contributed by atoms with Crippen molar-refractivity contribution in [3.63, 3.8) is 0 Å². The molecule has 0 aliphatic carbocycles. The number of fused-ring (bicyclic) bond motifs is 3. The summed E-state index contributed by atoms with van der Waals surface area (Å²) in [5.41, 5.74) is 2.12. The number of rotatable bonds is 4. The third-order valence-electron chi connectivity index (χ3n) is 4.88. The summed E-state index contributed by atoms with van der Waals surface area (Å²) in [5.74, 6) is 0.389. The zero-order valence-electron chi connectivity index (χ0n) is 15.6. The molecule has 1 N–H and O–H groups in total. The molecule has 142 valence electrons. The average Bonchev–Trinajstić information content (AvgIpc) is 3.09. The van der Waals surface area contributed by atoms with Crippen molar-refractivity contribution in [2.24, 2.45) is 5.92 Å². The van der Waals surface area contributed by atoms with Crippen LogP contribution in [-0.2, 0) is 4.79 Å². The van der Waals surface area contributed by atoms with Gasteiger partial charge in [-0.2, -0.15) is 5.26 Å². The maximum absolute atomic E-state index is 12.7. The highest BCUT2D eigenvalue weighted by atomic mass is 16.5. The molecule has 4 rings (SSSR count). The van der Waals surface area contributed by atoms with Gasteiger partial charge in [-0.25, -0.2) is 4.98 Å². The van der Waals surface area contributed by atoms with Crippen LogP contribution in [0.4, 0.5) is 5.95 Å². The minimum atomic E-state index is -0.990. The standard InChI is InChI=1S/C20H18N4O4/c1-26-11-8-12(18(28-3)16(9-11)27-2)17-13(10-21)19(25)23-20-22-14-6-4-5-7-15(14)24(17)20/h4-9,13,17H,1-3H3,(H,22,23,25)/t13-,17+/m0/s1. The van der Waals surface area contributed by atoms with Crippen molar-refractivity contribution in [3.05, 3.63) is 42.0 Å². The monoisotopic (exact) mass is 378 g/mol. The molecule has 8 nitrogen and oxygen atoms in total. The van der Waals surface area contributed by atoms with Gasteiger partial charge in [-0.1, -0.05) is 12.1 Å². The number of hydrogen-bond donors (Lipinski definition) is 1. The molecule has 0 radical (unpaired) electrons. The van der Waals surface area contributed by atoms with Crippen LogP contribution in [0.5, 0.6) is 17.2 Å². The molecule has 0 unspecified atom stereocenters. The zero-order chi connectivity index (χ0) is 19.8. The minimum Gasteiger partial charge on any atom is -0.497 e. The third kappa shape index (κ3) is 2.52. The lowest BCUT2D eigenvalue weighted by molar-refractivity contribution is -0.119. The van der Waals surface area contributed by atoms with E-state index in [1.807, 2.05) is 28.8 Å². The Kier molecular flexibility index (Phi) is 4.28. The Bertz CT molecular complexity index is 1120. The molecule has 2 aromatic carbocycles. The summed E-state index contributed by atoms with van der Waals surface area (Å²) >= 11 is 0. The second-order valence-corrected chi connectivity index (χ2v) is 6.29. The Morgan fingerprint density at radius 3 is 2.61 bits per heavy atom. The van der Waals surface area contributed by atoms with Crippen molar-refractivity contribution in [3.8, 4) is 23.3 Å². The highest BCUT2D eigenvalue weighted by Gasteiger charge is 2.41. The number of anilines is 1. The summed E-state index contributed by atoms with van der Waals surface area (Å²) in [6.45, 7) is 0. The van der Waals surface area contributed by atoms with Crippen LogP contribution in [0.2, 0.25) is 0 Å². The van der Waals surface area contributed by atoms with E-state index < -0.39 is 17.9 Å². The van der Waals surface area contributed by atoms with Gasteiger partial charge in [0.2, 0.25) is 11.9 Å². The number of para-hydroxylation sites is 2. The van der Waals surface area contributed by atoms with E-state index in [4.69, 9.17) is 14.2 Å². The lowest BCUT2D eigenvalue weighted by Crippen LogP contribution is -2.37. The van der Waals surface area contributed by atoms with Gasteiger partial charge in [0.1, 0.15) is 5.75 Å². The number of aromatic nitrogens is 2. The minimum absolute atomic E-state index is 0.381. The fourth-order valence-electron chi connectivity index (χ4n) is 3.65. The molecular formula is C20H18N4O4. The average molecular weight is 378 g/mol. The van der Waals surface area contributed by atoms with Gasteiger partial charge in [-0.15, -0.1) is 0 Å². The van der Waals surface area contributed by atoms with Gasteiger partial charge in [-0.05, 0) is 18.2 Å². The van der Waals surface area contributed by atoms with Crippen molar-refractivity contribution in [2.75, 3.05) is 26.6 Å². The van der Waals surface area contributed by atoms with Crippen LogP contribution in [0, 0.1) is 17.2 Å². The number of benzene rings is 2. The lowest BCUT2D eigenvalue weighted by Gasteiger charge is -2.31. The number of nitriles is 1. The number of nitrogens with one attached hydrogen (secondary N) is 1. The Morgan fingerprint density at radius 2 is 1.93 bits per heavy atom. The van der Waals surface area contributed by atoms with E-state index in [0.717, 1.165) is 11.0 Å². The predicted molar refractivity (Wildman–Crippen MR) is 102 cm³/mol. The molecule has 0 saturated heterocycles. The molecule has 0 fully saturated rings. The molecule has 0 bridgehead atoms. The molecule has 3 aromatic rings. The van der Waals surface area contributed by atoms with Crippen molar-refractivity contribution in [1.29, 1.82) is 5.26 Å². The first-order chi connectivity index (χ1) is 13.6. The Hall–Kier alpha value is -3.73. The summed E-state index contributed by atoms with van der Waals surface area (Å²) in [5, 5.41) is 12.5. The number of methoxy groups -OCH3 is 3. The quantitative estimate of drug-likeness (QED) is 0.750. The van der Waals surface area contributed by atoms with Gasteiger partial charge in [0.15, 0.2) is 17.4 Å². The van der Waals surface area contributed by atoms with E-state index >= 15 is 0 Å². The molecule has 1 aliphatic heterocycles. The summed E-state index contributed by atoms with van der Waals surface area (Å²) in [4.78, 5) is 17.2. The Morgan fingerprint density at radius 1 is 1.14 bits per heavy atom. The van der Waals surface area contributed by atoms with Gasteiger partial charge in [-0.3, -0.25) is 10.1 Å². The molecular weight excluding hydrogens is 360 g/mol. The Balaban J connectivity index is 2.06. The normalized spacial score (nSPS) is 18.1. The van der Waals surface area contributed by atoms with Crippen LogP contribution in [0.3, 0.4) is 0 Å². The second kappa shape index (κ2) is 6.78. The van der Waals surface area contributed by atoms with Crippen LogP contribution in [0.15, 0.2) is 36.4 Å². The van der Waals surface area contributed by atoms with Crippen molar-refractivity contribution < 1.29 is 19.0 Å². The van der Waals surface area contributed by atoms with E-state index in [9.17, 15) is 10.1 Å². The molecule has 28 heavy (non-hydrogen) atoms. The van der Waals surface area contributed by atoms with Crippen LogP contribution in [0.25, 0.3) is 11.0 Å². The first kappa shape index (κ1) is 17.7. The SMILES string of the molecule is COc1cc(OC)c(OC)c([C@@H]2[C@H](C#N)C(=O)Nc3nc4ccccc4n32)c1. The number of nitrogens with zero attached hydrogens (tertiary/aromatic N) is 3. The molecule has 1 amide bonds. The summed E-state index contributed by atoms with van der Waals surface area (Å²) < 4.78 is 18.3. The van der Waals surface area contributed by atoms with Gasteiger partial charge in [0.05, 0.1) is 44.5 Å². The molecule has 0 saturated carbocycles. The molecule has 0 spiro atoms. The van der Waals surface area contributed by atoms with E-state index in [1.165, 1.54) is 14.2 Å². The summed E-state index contributed by atoms with van der Waals surface area (Å²) in [6, 6.07) is 12.4. The van der Waals surface area contributed by atoms with Gasteiger partial charge < -0.3 is 18.8 Å². The molecule has 1 aliphatic rings. The first-order valence-corrected chi connectivity index (χ1v) is 8.60. The van der Waals surface area contributed by atoms with Crippen LogP contribution >= 0.6 is 0 Å². The fraction of sp³-hybridized carbons (Fsp3) is 0.250. The van der Waals surface area contributed by atoms with Crippen molar-refractivity contribution in [2.45, 2.75) is 6.04 Å². The number of ether oxygens (including phenoxy) is 3. The maximum Gasteiger partial charge on any atom is 0.246 e. The third-order valence-corrected chi connectivity index (χ3v) is 4.88. The largest absolute Gasteiger partial charge is 0.497 e. The number of carbonyl (C=O) groups excluding carboxylic acids is 1. The number of amides is 1. The Labute approximate surface area is 161 Å². The smallest absolute Gasteiger partial charge is 0.246 e. The van der Waals surface area contributed by atoms with E-state index in [-0.39, 0.29) is 0 Å². The summed E-state index contributed by atoms with van der Waals surface area (Å²) in [6.07, 6.45) is 0. The highest BCUT2D eigenvalue weighted by molar-refractivity contribution is 5.97. The molecule has 2 atom stereocenters. The van der Waals surface area contributed by atoms with Gasteiger partial charge in [0, 0.05) is 11.6 Å².